The van der Waals surface area contributed by atoms with E-state index in [1.165, 1.54) is 14.7 Å². The van der Waals surface area contributed by atoms with Crippen LogP contribution in [0.1, 0.15) is 20.8 Å². The molecular weight excluding hydrogens is 368 g/mol. The average molecular weight is 396 g/mol. The van der Waals surface area contributed by atoms with Crippen LogP contribution in [-0.4, -0.2) is 19.8 Å². The fraction of sp³-hybridized carbons (Fsp3) is 0.250. The molecule has 0 bridgehead atoms. The van der Waals surface area contributed by atoms with E-state index in [2.05, 4.69) is 48.5 Å². The van der Waals surface area contributed by atoms with Gasteiger partial charge in [-0.05, 0) is 69.3 Å². The molecule has 3 aromatic rings. The summed E-state index contributed by atoms with van der Waals surface area (Å²) in [6, 6.07) is 25.1. The van der Waals surface area contributed by atoms with Gasteiger partial charge in [0.1, 0.15) is 17.2 Å². The van der Waals surface area contributed by atoms with Crippen LogP contribution >= 0.6 is 0 Å². The quantitative estimate of drug-likeness (QED) is 0.417. The van der Waals surface area contributed by atoms with Crippen molar-refractivity contribution in [2.24, 2.45) is 0 Å². The monoisotopic (exact) mass is 395 g/mol. The lowest BCUT2D eigenvalue weighted by atomic mass is 10.3. The van der Waals surface area contributed by atoms with Crippen molar-refractivity contribution in [1.82, 2.24) is 0 Å². The summed E-state index contributed by atoms with van der Waals surface area (Å²) in [7, 11) is -0.270. The highest BCUT2D eigenvalue weighted by molar-refractivity contribution is 7.97. The molecule has 0 radical (unpaired) electrons. The minimum atomic E-state index is -0.270. The van der Waals surface area contributed by atoms with Crippen molar-refractivity contribution < 1.29 is 14.2 Å². The molecule has 0 unspecified atom stereocenters. The fourth-order valence-corrected chi connectivity index (χ4v) is 5.08. The normalized spacial score (nSPS) is 10.7. The molecular formula is C24H27O3S+. The number of benzene rings is 3. The van der Waals surface area contributed by atoms with Gasteiger partial charge in [0, 0.05) is 12.1 Å². The third kappa shape index (κ3) is 5.02. The van der Waals surface area contributed by atoms with Crippen molar-refractivity contribution in [3.05, 3.63) is 72.8 Å². The predicted octanol–water partition coefficient (Wildman–Crippen LogP) is 5.98. The summed E-state index contributed by atoms with van der Waals surface area (Å²) in [4.78, 5) is 3.65. The Balaban J connectivity index is 2.05. The van der Waals surface area contributed by atoms with Gasteiger partial charge in [-0.1, -0.05) is 12.1 Å². The third-order valence-corrected chi connectivity index (χ3v) is 6.27. The minimum Gasteiger partial charge on any atom is -0.494 e. The molecule has 0 aliphatic carbocycles. The molecule has 0 aliphatic heterocycles. The lowest BCUT2D eigenvalue weighted by molar-refractivity contribution is 0.339. The second kappa shape index (κ2) is 10.1. The van der Waals surface area contributed by atoms with E-state index in [4.69, 9.17) is 14.2 Å². The van der Waals surface area contributed by atoms with Crippen molar-refractivity contribution >= 4 is 10.9 Å². The maximum atomic E-state index is 5.74. The molecule has 3 rings (SSSR count). The van der Waals surface area contributed by atoms with Crippen LogP contribution < -0.4 is 14.2 Å². The fourth-order valence-electron chi connectivity index (χ4n) is 2.96. The van der Waals surface area contributed by atoms with Gasteiger partial charge in [0.05, 0.1) is 30.7 Å². The van der Waals surface area contributed by atoms with Crippen molar-refractivity contribution in [2.45, 2.75) is 35.5 Å². The highest BCUT2D eigenvalue weighted by Crippen LogP contribution is 2.35. The Labute approximate surface area is 170 Å². The van der Waals surface area contributed by atoms with Crippen LogP contribution in [0.4, 0.5) is 0 Å². The summed E-state index contributed by atoms with van der Waals surface area (Å²) < 4.78 is 17.1. The largest absolute Gasteiger partial charge is 0.494 e. The molecule has 0 N–H and O–H groups in total. The van der Waals surface area contributed by atoms with Crippen LogP contribution in [-0.2, 0) is 10.9 Å². The highest BCUT2D eigenvalue weighted by Gasteiger charge is 2.29. The molecule has 4 heteroatoms. The second-order valence-electron chi connectivity index (χ2n) is 6.03. The highest BCUT2D eigenvalue weighted by atomic mass is 32.2. The SMILES string of the molecule is CCOc1ccc([S+](c2cccc(OCC)c2)c2cccc(OCC)c2)cc1. The van der Waals surface area contributed by atoms with Crippen molar-refractivity contribution in [1.29, 1.82) is 0 Å². The molecule has 0 spiro atoms. The molecule has 0 saturated heterocycles. The van der Waals surface area contributed by atoms with Crippen molar-refractivity contribution in [3.8, 4) is 17.2 Å². The Hall–Kier alpha value is -2.59. The minimum absolute atomic E-state index is 0.270. The first-order valence-corrected chi connectivity index (χ1v) is 10.9. The van der Waals surface area contributed by atoms with Crippen LogP contribution in [0.15, 0.2) is 87.5 Å². The van der Waals surface area contributed by atoms with Gasteiger partial charge >= 0.3 is 0 Å². The van der Waals surface area contributed by atoms with E-state index in [0.29, 0.717) is 19.8 Å². The van der Waals surface area contributed by atoms with E-state index < -0.39 is 0 Å². The van der Waals surface area contributed by atoms with E-state index in [-0.39, 0.29) is 10.9 Å². The van der Waals surface area contributed by atoms with Gasteiger partial charge in [0.2, 0.25) is 0 Å². The van der Waals surface area contributed by atoms with Crippen LogP contribution in [0.3, 0.4) is 0 Å². The van der Waals surface area contributed by atoms with E-state index in [1.54, 1.807) is 0 Å². The summed E-state index contributed by atoms with van der Waals surface area (Å²) in [5.41, 5.74) is 0. The molecule has 0 fully saturated rings. The molecule has 0 aromatic heterocycles. The topological polar surface area (TPSA) is 27.7 Å². The summed E-state index contributed by atoms with van der Waals surface area (Å²) in [6.45, 7) is 7.98. The molecule has 0 atom stereocenters. The van der Waals surface area contributed by atoms with E-state index in [0.717, 1.165) is 17.2 Å². The first-order chi connectivity index (χ1) is 13.7. The van der Waals surface area contributed by atoms with Crippen LogP contribution in [0, 0.1) is 0 Å². The number of hydrogen-bond donors (Lipinski definition) is 0. The molecule has 146 valence electrons. The lowest BCUT2D eigenvalue weighted by Gasteiger charge is -2.11. The van der Waals surface area contributed by atoms with E-state index in [1.807, 2.05) is 45.0 Å². The smallest absolute Gasteiger partial charge is 0.170 e. The van der Waals surface area contributed by atoms with Gasteiger partial charge in [-0.3, -0.25) is 0 Å². The first kappa shape index (κ1) is 20.2. The molecule has 0 amide bonds. The Morgan fingerprint density at radius 2 is 1.00 bits per heavy atom. The van der Waals surface area contributed by atoms with Crippen LogP contribution in [0.2, 0.25) is 0 Å². The first-order valence-electron chi connectivity index (χ1n) is 9.68. The zero-order valence-electron chi connectivity index (χ0n) is 16.7. The molecule has 0 heterocycles. The maximum absolute atomic E-state index is 5.74. The van der Waals surface area contributed by atoms with Crippen molar-refractivity contribution in [3.63, 3.8) is 0 Å². The van der Waals surface area contributed by atoms with E-state index in [9.17, 15) is 0 Å². The van der Waals surface area contributed by atoms with Gasteiger partial charge in [-0.25, -0.2) is 0 Å². The third-order valence-electron chi connectivity index (χ3n) is 4.07. The standard InChI is InChI=1S/C24H27O3S/c1-4-25-19-13-15-22(16-14-19)28(23-11-7-9-20(17-23)26-5-2)24-12-8-10-21(18-24)27-6-3/h7-18H,4-6H2,1-3H3/q+1. The molecule has 3 nitrogen and oxygen atoms in total. The number of rotatable bonds is 9. The Bertz CT molecular complexity index is 828. The molecule has 0 saturated carbocycles. The van der Waals surface area contributed by atoms with Gasteiger partial charge in [0.25, 0.3) is 0 Å². The van der Waals surface area contributed by atoms with Gasteiger partial charge < -0.3 is 14.2 Å². The molecule has 0 aliphatic rings. The zero-order chi connectivity index (χ0) is 19.8. The Morgan fingerprint density at radius 3 is 1.46 bits per heavy atom. The summed E-state index contributed by atoms with van der Waals surface area (Å²) in [6.07, 6.45) is 0. The van der Waals surface area contributed by atoms with Crippen LogP contribution in [0.25, 0.3) is 0 Å². The Kier molecular flexibility index (Phi) is 7.26. The molecule has 28 heavy (non-hydrogen) atoms. The lowest BCUT2D eigenvalue weighted by Crippen LogP contribution is -2.06. The summed E-state index contributed by atoms with van der Waals surface area (Å²) in [5.74, 6) is 2.68. The van der Waals surface area contributed by atoms with Gasteiger partial charge in [-0.2, -0.15) is 0 Å². The summed E-state index contributed by atoms with van der Waals surface area (Å²) >= 11 is 0. The number of ether oxygens (including phenoxy) is 3. The zero-order valence-corrected chi connectivity index (χ0v) is 17.5. The van der Waals surface area contributed by atoms with Crippen LogP contribution in [0.5, 0.6) is 17.2 Å². The Morgan fingerprint density at radius 1 is 0.536 bits per heavy atom. The summed E-state index contributed by atoms with van der Waals surface area (Å²) in [5, 5.41) is 0. The predicted molar refractivity (Wildman–Crippen MR) is 115 cm³/mol. The van der Waals surface area contributed by atoms with Crippen molar-refractivity contribution in [2.75, 3.05) is 19.8 Å². The van der Waals surface area contributed by atoms with E-state index >= 15 is 0 Å². The van der Waals surface area contributed by atoms with Gasteiger partial charge in [-0.15, -0.1) is 0 Å². The molecule has 3 aromatic carbocycles. The number of hydrogen-bond acceptors (Lipinski definition) is 3. The van der Waals surface area contributed by atoms with Gasteiger partial charge in [0.15, 0.2) is 14.7 Å². The average Bonchev–Trinajstić information content (AvgIpc) is 2.71. The maximum Gasteiger partial charge on any atom is 0.170 e. The second-order valence-corrected chi connectivity index (χ2v) is 8.05.